The summed E-state index contributed by atoms with van der Waals surface area (Å²) in [7, 11) is 0. The number of halogens is 2. The van der Waals surface area contributed by atoms with Gasteiger partial charge in [-0.15, -0.1) is 0 Å². The van der Waals surface area contributed by atoms with Crippen LogP contribution in [-0.2, 0) is 16.0 Å². The molecule has 1 aromatic heterocycles. The predicted octanol–water partition coefficient (Wildman–Crippen LogP) is 4.13. The van der Waals surface area contributed by atoms with E-state index >= 15 is 0 Å². The van der Waals surface area contributed by atoms with Crippen LogP contribution in [0.4, 0.5) is 5.82 Å². The first-order valence-electron chi connectivity index (χ1n) is 8.16. The molecule has 28 heavy (non-hydrogen) atoms. The first-order valence-corrected chi connectivity index (χ1v) is 8.91. The van der Waals surface area contributed by atoms with Crippen molar-refractivity contribution in [1.82, 2.24) is 4.98 Å². The molecule has 1 heterocycles. The molecule has 2 rings (SSSR count). The molecule has 0 radical (unpaired) electrons. The minimum Gasteiger partial charge on any atom is -0.508 e. The molecular formula is C18H18Cl2N2O6. The first kappa shape index (κ1) is 21.6. The van der Waals surface area contributed by atoms with Crippen molar-refractivity contribution in [3.8, 4) is 17.2 Å². The van der Waals surface area contributed by atoms with Crippen molar-refractivity contribution < 1.29 is 29.6 Å². The van der Waals surface area contributed by atoms with Gasteiger partial charge in [0.2, 0.25) is 0 Å². The van der Waals surface area contributed by atoms with E-state index in [9.17, 15) is 14.7 Å². The second kappa shape index (κ2) is 8.99. The number of carbonyl (C=O) groups is 2. The molecule has 0 spiro atoms. The van der Waals surface area contributed by atoms with Crippen molar-refractivity contribution in [2.45, 2.75) is 26.2 Å². The zero-order chi connectivity index (χ0) is 21.0. The molecule has 8 nitrogen and oxygen atoms in total. The van der Waals surface area contributed by atoms with Gasteiger partial charge in [0.25, 0.3) is 0 Å². The number of nitrogens with zero attached hydrogens (tertiary/aromatic N) is 1. The van der Waals surface area contributed by atoms with Gasteiger partial charge in [-0.1, -0.05) is 37.0 Å². The number of pyridine rings is 1. The van der Waals surface area contributed by atoms with Gasteiger partial charge in [0.05, 0.1) is 12.1 Å². The Morgan fingerprint density at radius 3 is 2.43 bits per heavy atom. The number of rotatable bonds is 8. The fourth-order valence-electron chi connectivity index (χ4n) is 2.37. The third-order valence-corrected chi connectivity index (χ3v) is 4.41. The Kier molecular flexibility index (Phi) is 6.93. The molecular weight excluding hydrogens is 411 g/mol. The number of ether oxygens (including phenoxy) is 1. The normalized spacial score (nSPS) is 10.8. The fourth-order valence-corrected chi connectivity index (χ4v) is 2.90. The lowest BCUT2D eigenvalue weighted by molar-refractivity contribution is -0.136. The van der Waals surface area contributed by atoms with Crippen molar-refractivity contribution in [3.63, 3.8) is 0 Å². The number of aromatic nitrogens is 1. The monoisotopic (exact) mass is 428 g/mol. The van der Waals surface area contributed by atoms with Gasteiger partial charge in [0.15, 0.2) is 5.75 Å². The van der Waals surface area contributed by atoms with Crippen LogP contribution in [0.5, 0.6) is 17.2 Å². The summed E-state index contributed by atoms with van der Waals surface area (Å²) in [6, 6.07) is 4.55. The molecule has 0 amide bonds. The number of hydrogen-bond acceptors (Lipinski definition) is 6. The minimum atomic E-state index is -1.18. The maximum Gasteiger partial charge on any atom is 0.322 e. The van der Waals surface area contributed by atoms with E-state index in [0.717, 1.165) is 0 Å². The second-order valence-corrected chi connectivity index (χ2v) is 6.92. The maximum absolute atomic E-state index is 11.1. The Bertz CT molecular complexity index is 917. The van der Waals surface area contributed by atoms with E-state index in [4.69, 9.17) is 38.2 Å². The van der Waals surface area contributed by atoms with Crippen molar-refractivity contribution in [2.75, 3.05) is 11.9 Å². The number of nitrogens with one attached hydrogen (secondary N) is 1. The van der Waals surface area contributed by atoms with E-state index < -0.39 is 24.9 Å². The first-order chi connectivity index (χ1) is 13.1. The maximum atomic E-state index is 11.1. The van der Waals surface area contributed by atoms with Crippen LogP contribution in [0, 0.1) is 0 Å². The highest BCUT2D eigenvalue weighted by atomic mass is 35.5. The van der Waals surface area contributed by atoms with Crippen molar-refractivity contribution in [3.05, 3.63) is 39.5 Å². The number of anilines is 1. The van der Waals surface area contributed by atoms with Gasteiger partial charge in [-0.05, 0) is 24.1 Å². The Hall–Kier alpha value is -2.71. The molecule has 0 fully saturated rings. The molecule has 0 unspecified atom stereocenters. The van der Waals surface area contributed by atoms with Crippen LogP contribution < -0.4 is 10.1 Å². The van der Waals surface area contributed by atoms with E-state index in [1.807, 2.05) is 13.8 Å². The largest absolute Gasteiger partial charge is 0.508 e. The third-order valence-electron chi connectivity index (χ3n) is 3.67. The number of phenolic OH excluding ortho intramolecular Hbond substituents is 1. The molecule has 0 aliphatic carbocycles. The molecule has 0 bridgehead atoms. The number of carboxylic acids is 2. The summed E-state index contributed by atoms with van der Waals surface area (Å²) in [4.78, 5) is 25.9. The van der Waals surface area contributed by atoms with Crippen molar-refractivity contribution in [2.24, 2.45) is 0 Å². The topological polar surface area (TPSA) is 129 Å². The molecule has 4 N–H and O–H groups in total. The average molecular weight is 429 g/mol. The molecule has 10 heteroatoms. The van der Waals surface area contributed by atoms with Crippen LogP contribution >= 0.6 is 23.2 Å². The van der Waals surface area contributed by atoms with Crippen LogP contribution in [0.25, 0.3) is 0 Å². The number of benzene rings is 1. The van der Waals surface area contributed by atoms with Crippen molar-refractivity contribution >= 4 is 41.0 Å². The molecule has 150 valence electrons. The summed E-state index contributed by atoms with van der Waals surface area (Å²) in [6.45, 7) is 3.30. The summed E-state index contributed by atoms with van der Waals surface area (Å²) in [5.74, 6) is -2.05. The van der Waals surface area contributed by atoms with Crippen LogP contribution in [0.2, 0.25) is 10.0 Å². The summed E-state index contributed by atoms with van der Waals surface area (Å²) < 4.78 is 5.76. The summed E-state index contributed by atoms with van der Waals surface area (Å²) in [6.07, 6.45) is -0.513. The Morgan fingerprint density at radius 2 is 1.86 bits per heavy atom. The van der Waals surface area contributed by atoms with Gasteiger partial charge in [0.1, 0.15) is 33.9 Å². The highest BCUT2D eigenvalue weighted by molar-refractivity contribution is 6.39. The number of aliphatic carboxylic acids is 2. The quantitative estimate of drug-likeness (QED) is 0.493. The minimum absolute atomic E-state index is 0.0160. The van der Waals surface area contributed by atoms with E-state index in [-0.39, 0.29) is 39.0 Å². The highest BCUT2D eigenvalue weighted by Gasteiger charge is 2.22. The zero-order valence-electron chi connectivity index (χ0n) is 15.0. The molecule has 1 aromatic carbocycles. The van der Waals surface area contributed by atoms with Gasteiger partial charge in [-0.25, -0.2) is 4.98 Å². The molecule has 2 aromatic rings. The number of phenols is 1. The number of carboxylic acid groups (broad SMARTS) is 2. The van der Waals surface area contributed by atoms with Crippen LogP contribution in [-0.4, -0.2) is 38.8 Å². The van der Waals surface area contributed by atoms with Crippen LogP contribution in [0.3, 0.4) is 0 Å². The molecule has 0 aliphatic heterocycles. The predicted molar refractivity (Wildman–Crippen MR) is 104 cm³/mol. The lowest BCUT2D eigenvalue weighted by Crippen LogP contribution is -2.15. The lowest BCUT2D eigenvalue weighted by Gasteiger charge is -2.17. The van der Waals surface area contributed by atoms with Gasteiger partial charge in [0, 0.05) is 5.56 Å². The highest BCUT2D eigenvalue weighted by Crippen LogP contribution is 2.42. The Morgan fingerprint density at radius 1 is 1.18 bits per heavy atom. The van der Waals surface area contributed by atoms with Crippen LogP contribution in [0.15, 0.2) is 18.2 Å². The zero-order valence-corrected chi connectivity index (χ0v) is 16.5. The Balaban J connectivity index is 2.52. The fraction of sp³-hybridized carbons (Fsp3) is 0.278. The van der Waals surface area contributed by atoms with E-state index in [2.05, 4.69) is 10.3 Å². The lowest BCUT2D eigenvalue weighted by atomic mass is 10.0. The molecule has 0 aliphatic rings. The van der Waals surface area contributed by atoms with Gasteiger partial charge >= 0.3 is 11.9 Å². The van der Waals surface area contributed by atoms with E-state index in [0.29, 0.717) is 11.3 Å². The average Bonchev–Trinajstić information content (AvgIpc) is 2.60. The van der Waals surface area contributed by atoms with Gasteiger partial charge in [-0.2, -0.15) is 0 Å². The van der Waals surface area contributed by atoms with Gasteiger partial charge in [-0.3, -0.25) is 9.59 Å². The standard InChI is InChI=1S/C18H18Cl2N2O6/c1-8(2)10-5-9(3-4-12(10)23)28-17-15(19)11(6-13(24)25)22-18(16(17)20)21-7-14(26)27/h3-5,8,23H,6-7H2,1-2H3,(H,21,22)(H,24,25)(H,26,27). The number of hydrogen-bond donors (Lipinski definition) is 4. The SMILES string of the molecule is CC(C)c1cc(Oc2c(Cl)c(CC(=O)O)nc(NCC(=O)O)c2Cl)ccc1O. The Labute approximate surface area is 170 Å². The molecule has 0 atom stereocenters. The smallest absolute Gasteiger partial charge is 0.322 e. The van der Waals surface area contributed by atoms with Crippen LogP contribution in [0.1, 0.15) is 31.0 Å². The van der Waals surface area contributed by atoms with E-state index in [1.54, 1.807) is 6.07 Å². The van der Waals surface area contributed by atoms with E-state index in [1.165, 1.54) is 12.1 Å². The second-order valence-electron chi connectivity index (χ2n) is 6.16. The summed E-state index contributed by atoms with van der Waals surface area (Å²) >= 11 is 12.5. The van der Waals surface area contributed by atoms with Crippen molar-refractivity contribution in [1.29, 1.82) is 0 Å². The molecule has 0 saturated carbocycles. The third kappa shape index (κ3) is 5.17. The molecule has 0 saturated heterocycles. The summed E-state index contributed by atoms with van der Waals surface area (Å²) in [5, 5.41) is 30.1. The van der Waals surface area contributed by atoms with Gasteiger partial charge < -0.3 is 25.4 Å². The summed E-state index contributed by atoms with van der Waals surface area (Å²) in [5.41, 5.74) is 0.595. The number of aromatic hydroxyl groups is 1.